The third kappa shape index (κ3) is 4.75. The fraction of sp³-hybridized carbons (Fsp3) is 0.364. The lowest BCUT2D eigenvalue weighted by Crippen LogP contribution is -2.39. The van der Waals surface area contributed by atoms with Crippen molar-refractivity contribution in [2.75, 3.05) is 25.5 Å². The van der Waals surface area contributed by atoms with E-state index in [1.165, 1.54) is 0 Å². The Morgan fingerprint density at radius 3 is 2.71 bits per heavy atom. The van der Waals surface area contributed by atoms with Crippen LogP contribution in [0, 0.1) is 0 Å². The molecule has 2 fully saturated rings. The second-order valence-electron chi connectivity index (χ2n) is 6.86. The van der Waals surface area contributed by atoms with Crippen LogP contribution in [0.2, 0.25) is 0 Å². The summed E-state index contributed by atoms with van der Waals surface area (Å²) in [6, 6.07) is 17.1. The van der Waals surface area contributed by atoms with Gasteiger partial charge in [-0.1, -0.05) is 30.0 Å². The van der Waals surface area contributed by atoms with Gasteiger partial charge in [0.15, 0.2) is 5.17 Å². The topological polar surface area (TPSA) is 51.1 Å². The predicted molar refractivity (Wildman–Crippen MR) is 113 cm³/mol. The van der Waals surface area contributed by atoms with E-state index in [-0.39, 0.29) is 12.0 Å². The number of rotatable bonds is 5. The number of carbonyl (C=O) groups is 1. The van der Waals surface area contributed by atoms with Crippen molar-refractivity contribution in [3.05, 3.63) is 60.2 Å². The minimum atomic E-state index is -0.0208. The van der Waals surface area contributed by atoms with Crippen molar-refractivity contribution < 1.29 is 14.3 Å². The monoisotopic (exact) mass is 396 g/mol. The van der Waals surface area contributed by atoms with E-state index in [4.69, 9.17) is 9.47 Å². The Balaban J connectivity index is 1.43. The van der Waals surface area contributed by atoms with Crippen LogP contribution >= 0.6 is 11.8 Å². The van der Waals surface area contributed by atoms with Crippen molar-refractivity contribution in [1.82, 2.24) is 4.90 Å². The van der Waals surface area contributed by atoms with E-state index in [2.05, 4.69) is 4.99 Å². The summed E-state index contributed by atoms with van der Waals surface area (Å²) in [5, 5.41) is 0.765. The average Bonchev–Trinajstić information content (AvgIpc) is 3.27. The van der Waals surface area contributed by atoms with E-state index in [0.29, 0.717) is 18.7 Å². The van der Waals surface area contributed by atoms with E-state index in [1.807, 2.05) is 54.6 Å². The van der Waals surface area contributed by atoms with Crippen LogP contribution < -0.4 is 4.74 Å². The first kappa shape index (κ1) is 19.0. The highest BCUT2D eigenvalue weighted by atomic mass is 32.2. The molecule has 0 N–H and O–H groups in total. The fourth-order valence-electron chi connectivity index (χ4n) is 3.27. The molecule has 0 bridgehead atoms. The lowest BCUT2D eigenvalue weighted by Gasteiger charge is -2.27. The van der Waals surface area contributed by atoms with Crippen LogP contribution in [-0.4, -0.2) is 47.6 Å². The molecule has 1 atom stereocenters. The van der Waals surface area contributed by atoms with Gasteiger partial charge in [-0.2, -0.15) is 0 Å². The van der Waals surface area contributed by atoms with Crippen molar-refractivity contribution in [2.45, 2.75) is 25.4 Å². The molecule has 0 radical (unpaired) electrons. The van der Waals surface area contributed by atoms with Gasteiger partial charge in [-0.15, -0.1) is 0 Å². The van der Waals surface area contributed by atoms with E-state index in [0.717, 1.165) is 48.2 Å². The standard InChI is InChI=1S/C22H24N2O3S/c25-21(17-9-11-19(12-10-17)27-16-20-8-4-14-26-20)24-13-5-15-28-22(24)23-18-6-2-1-3-7-18/h1-3,6-7,9-12,20H,4-5,8,13-16H2. The van der Waals surface area contributed by atoms with Crippen LogP contribution in [0.1, 0.15) is 29.6 Å². The molecule has 0 aliphatic carbocycles. The Labute approximate surface area is 169 Å². The zero-order valence-electron chi connectivity index (χ0n) is 15.8. The maximum atomic E-state index is 13.0. The Hall–Kier alpha value is -2.31. The molecule has 1 amide bonds. The number of hydrogen-bond acceptors (Lipinski definition) is 5. The fourth-order valence-corrected chi connectivity index (χ4v) is 4.22. The number of benzene rings is 2. The molecule has 5 nitrogen and oxygen atoms in total. The van der Waals surface area contributed by atoms with E-state index in [9.17, 15) is 4.79 Å². The van der Waals surface area contributed by atoms with Gasteiger partial charge in [0, 0.05) is 24.5 Å². The second kappa shape index (κ2) is 9.26. The average molecular weight is 397 g/mol. The van der Waals surface area contributed by atoms with Gasteiger partial charge in [-0.05, 0) is 55.7 Å². The number of thioether (sulfide) groups is 1. The maximum absolute atomic E-state index is 13.0. The Morgan fingerprint density at radius 2 is 1.96 bits per heavy atom. The number of aliphatic imine (C=N–C) groups is 1. The summed E-state index contributed by atoms with van der Waals surface area (Å²) in [5.74, 6) is 1.72. The third-order valence-corrected chi connectivity index (χ3v) is 5.84. The molecule has 2 aromatic rings. The number of ether oxygens (including phenoxy) is 2. The van der Waals surface area contributed by atoms with Gasteiger partial charge in [-0.25, -0.2) is 4.99 Å². The number of carbonyl (C=O) groups excluding carboxylic acids is 1. The number of nitrogens with zero attached hydrogens (tertiary/aromatic N) is 2. The minimum Gasteiger partial charge on any atom is -0.491 e. The molecule has 1 unspecified atom stereocenters. The lowest BCUT2D eigenvalue weighted by molar-refractivity contribution is 0.0679. The summed E-state index contributed by atoms with van der Waals surface area (Å²) < 4.78 is 11.4. The quantitative estimate of drug-likeness (QED) is 0.746. The molecule has 2 aliphatic rings. The summed E-state index contributed by atoms with van der Waals surface area (Å²) in [6.07, 6.45) is 3.30. The molecule has 4 rings (SSSR count). The highest BCUT2D eigenvalue weighted by molar-refractivity contribution is 8.13. The highest BCUT2D eigenvalue weighted by Gasteiger charge is 2.25. The molecule has 6 heteroatoms. The van der Waals surface area contributed by atoms with Crippen LogP contribution in [-0.2, 0) is 4.74 Å². The largest absolute Gasteiger partial charge is 0.491 e. The number of amides is 1. The van der Waals surface area contributed by atoms with E-state index in [1.54, 1.807) is 16.7 Å². The van der Waals surface area contributed by atoms with Gasteiger partial charge in [-0.3, -0.25) is 9.69 Å². The van der Waals surface area contributed by atoms with E-state index < -0.39 is 0 Å². The smallest absolute Gasteiger partial charge is 0.259 e. The highest BCUT2D eigenvalue weighted by Crippen LogP contribution is 2.24. The molecule has 28 heavy (non-hydrogen) atoms. The normalized spacial score (nSPS) is 21.1. The molecule has 2 saturated heterocycles. The van der Waals surface area contributed by atoms with Crippen LogP contribution in [0.15, 0.2) is 59.6 Å². The molecule has 2 aliphatic heterocycles. The van der Waals surface area contributed by atoms with Crippen LogP contribution in [0.4, 0.5) is 5.69 Å². The number of hydrogen-bond donors (Lipinski definition) is 0. The molecule has 0 aromatic heterocycles. The Bertz CT molecular complexity index is 817. The number of amidine groups is 1. The summed E-state index contributed by atoms with van der Waals surface area (Å²) in [7, 11) is 0. The zero-order valence-corrected chi connectivity index (χ0v) is 16.6. The molecule has 0 spiro atoms. The molecule has 2 heterocycles. The maximum Gasteiger partial charge on any atom is 0.259 e. The van der Waals surface area contributed by atoms with Gasteiger partial charge in [0.1, 0.15) is 12.4 Å². The van der Waals surface area contributed by atoms with Crippen LogP contribution in [0.25, 0.3) is 0 Å². The third-order valence-electron chi connectivity index (χ3n) is 4.78. The van der Waals surface area contributed by atoms with E-state index >= 15 is 0 Å². The van der Waals surface area contributed by atoms with Crippen molar-refractivity contribution in [3.63, 3.8) is 0 Å². The first-order valence-corrected chi connectivity index (χ1v) is 10.7. The van der Waals surface area contributed by atoms with Crippen molar-refractivity contribution in [1.29, 1.82) is 0 Å². The molecular weight excluding hydrogens is 372 g/mol. The lowest BCUT2D eigenvalue weighted by atomic mass is 10.2. The Morgan fingerprint density at radius 1 is 1.14 bits per heavy atom. The van der Waals surface area contributed by atoms with Gasteiger partial charge in [0.25, 0.3) is 5.91 Å². The van der Waals surface area contributed by atoms with Gasteiger partial charge < -0.3 is 9.47 Å². The summed E-state index contributed by atoms with van der Waals surface area (Å²) in [6.45, 7) is 2.07. The molecule has 146 valence electrons. The van der Waals surface area contributed by atoms with Crippen LogP contribution in [0.3, 0.4) is 0 Å². The second-order valence-corrected chi connectivity index (χ2v) is 7.92. The minimum absolute atomic E-state index is 0.0208. The molecule has 0 saturated carbocycles. The SMILES string of the molecule is O=C(c1ccc(OCC2CCCO2)cc1)N1CCCSC1=Nc1ccccc1. The molecular formula is C22H24N2O3S. The van der Waals surface area contributed by atoms with Crippen molar-refractivity contribution in [3.8, 4) is 5.75 Å². The number of para-hydroxylation sites is 1. The van der Waals surface area contributed by atoms with Gasteiger partial charge in [0.2, 0.25) is 0 Å². The first-order chi connectivity index (χ1) is 13.8. The Kier molecular flexibility index (Phi) is 6.29. The summed E-state index contributed by atoms with van der Waals surface area (Å²) in [4.78, 5) is 19.5. The summed E-state index contributed by atoms with van der Waals surface area (Å²) >= 11 is 1.63. The predicted octanol–water partition coefficient (Wildman–Crippen LogP) is 4.51. The van der Waals surface area contributed by atoms with Crippen molar-refractivity contribution in [2.24, 2.45) is 4.99 Å². The molecule has 2 aromatic carbocycles. The van der Waals surface area contributed by atoms with Crippen LogP contribution in [0.5, 0.6) is 5.75 Å². The first-order valence-electron chi connectivity index (χ1n) is 9.72. The van der Waals surface area contributed by atoms with Gasteiger partial charge >= 0.3 is 0 Å². The summed E-state index contributed by atoms with van der Waals surface area (Å²) in [5.41, 5.74) is 1.51. The van der Waals surface area contributed by atoms with Gasteiger partial charge in [0.05, 0.1) is 11.8 Å². The van der Waals surface area contributed by atoms with Crippen molar-refractivity contribution >= 4 is 28.5 Å². The zero-order chi connectivity index (χ0) is 19.2.